The number of aromatic nitrogens is 3. The zero-order valence-corrected chi connectivity index (χ0v) is 23.6. The summed E-state index contributed by atoms with van der Waals surface area (Å²) >= 11 is -1.21. The Morgan fingerprint density at radius 2 is 1.87 bits per heavy atom. The maximum absolute atomic E-state index is 12.7. The number of methoxy groups -OCH3 is 1. The second-order valence-corrected chi connectivity index (χ2v) is 11.2. The van der Waals surface area contributed by atoms with Crippen LogP contribution >= 0.6 is 0 Å². The number of pyridine rings is 1. The molecule has 3 aromatic rings. The smallest absolute Gasteiger partial charge is 0.254 e. The number of amides is 1. The first kappa shape index (κ1) is 29.2. The van der Waals surface area contributed by atoms with Crippen molar-refractivity contribution in [3.8, 4) is 17.1 Å². The lowest BCUT2D eigenvalue weighted by Crippen LogP contribution is -2.26. The van der Waals surface area contributed by atoms with Gasteiger partial charge in [0.2, 0.25) is 5.88 Å². The molecule has 0 aliphatic rings. The van der Waals surface area contributed by atoms with E-state index in [4.69, 9.17) is 20.3 Å². The quantitative estimate of drug-likeness (QED) is 0.219. The van der Waals surface area contributed by atoms with E-state index < -0.39 is 22.8 Å². The number of carbonyl (C=O) groups excluding carboxylic acids is 1. The summed E-state index contributed by atoms with van der Waals surface area (Å²) in [5, 5.41) is 8.10. The van der Waals surface area contributed by atoms with Gasteiger partial charge in [0.15, 0.2) is 0 Å². The first-order chi connectivity index (χ1) is 18.0. The number of primary amides is 1. The summed E-state index contributed by atoms with van der Waals surface area (Å²) in [4.78, 5) is 18.9. The molecular formula is C26H37N7O4S. The Kier molecular flexibility index (Phi) is 9.97. The Morgan fingerprint density at radius 3 is 2.47 bits per heavy atom. The number of hydrogen-bond donors (Lipinski definition) is 3. The maximum atomic E-state index is 12.7. The van der Waals surface area contributed by atoms with Gasteiger partial charge in [0.1, 0.15) is 29.4 Å². The van der Waals surface area contributed by atoms with Crippen molar-refractivity contribution in [1.29, 1.82) is 0 Å². The molecule has 1 amide bonds. The largest absolute Gasteiger partial charge is 0.593 e. The van der Waals surface area contributed by atoms with Gasteiger partial charge in [0.05, 0.1) is 29.2 Å². The predicted molar refractivity (Wildman–Crippen MR) is 151 cm³/mol. The third kappa shape index (κ3) is 7.84. The lowest BCUT2D eigenvalue weighted by atomic mass is 10.1. The van der Waals surface area contributed by atoms with Gasteiger partial charge in [0.25, 0.3) is 5.91 Å². The third-order valence-electron chi connectivity index (χ3n) is 5.42. The van der Waals surface area contributed by atoms with Crippen LogP contribution in [0, 0.1) is 0 Å². The number of nitrogens with zero attached hydrogens (tertiary/aromatic N) is 4. The minimum absolute atomic E-state index is 0.258. The summed E-state index contributed by atoms with van der Waals surface area (Å²) in [6.45, 7) is 7.46. The van der Waals surface area contributed by atoms with Crippen LogP contribution < -0.4 is 20.5 Å². The molecule has 0 saturated carbocycles. The van der Waals surface area contributed by atoms with Gasteiger partial charge in [-0.05, 0) is 53.1 Å². The van der Waals surface area contributed by atoms with Gasteiger partial charge < -0.3 is 30.0 Å². The van der Waals surface area contributed by atoms with Gasteiger partial charge in [-0.2, -0.15) is 5.10 Å². The van der Waals surface area contributed by atoms with E-state index in [9.17, 15) is 9.35 Å². The first-order valence-electron chi connectivity index (χ1n) is 12.2. The van der Waals surface area contributed by atoms with E-state index in [-0.39, 0.29) is 5.56 Å². The summed E-state index contributed by atoms with van der Waals surface area (Å²) < 4.78 is 27.7. The molecule has 0 aliphatic carbocycles. The Balaban J connectivity index is 1.94. The van der Waals surface area contributed by atoms with Crippen LogP contribution in [0.1, 0.15) is 31.1 Å². The van der Waals surface area contributed by atoms with Crippen LogP contribution in [0.15, 0.2) is 42.6 Å². The van der Waals surface area contributed by atoms with E-state index in [1.54, 1.807) is 30.1 Å². The molecule has 0 spiro atoms. The van der Waals surface area contributed by atoms with Crippen molar-refractivity contribution in [3.05, 3.63) is 48.2 Å². The maximum Gasteiger partial charge on any atom is 0.254 e. The molecule has 0 aliphatic heterocycles. The van der Waals surface area contributed by atoms with Crippen molar-refractivity contribution in [2.24, 2.45) is 5.73 Å². The van der Waals surface area contributed by atoms with Crippen molar-refractivity contribution in [3.63, 3.8) is 0 Å². The van der Waals surface area contributed by atoms with Crippen LogP contribution in [0.2, 0.25) is 0 Å². The van der Waals surface area contributed by atoms with Gasteiger partial charge in [-0.15, -0.1) is 0 Å². The Bertz CT molecular complexity index is 1210. The van der Waals surface area contributed by atoms with Gasteiger partial charge >= 0.3 is 0 Å². The fourth-order valence-electron chi connectivity index (χ4n) is 3.53. The van der Waals surface area contributed by atoms with E-state index >= 15 is 0 Å². The average molecular weight is 544 g/mol. The number of benzene rings is 1. The van der Waals surface area contributed by atoms with Gasteiger partial charge in [-0.25, -0.2) is 14.4 Å². The Hall–Kier alpha value is -3.32. The second kappa shape index (κ2) is 13.0. The van der Waals surface area contributed by atoms with Crippen LogP contribution in [0.3, 0.4) is 0 Å². The lowest BCUT2D eigenvalue weighted by Gasteiger charge is -2.23. The lowest BCUT2D eigenvalue weighted by molar-refractivity contribution is 0.100. The molecule has 2 aromatic heterocycles. The normalized spacial score (nSPS) is 12.4. The molecule has 38 heavy (non-hydrogen) atoms. The van der Waals surface area contributed by atoms with E-state index in [1.807, 2.05) is 64.0 Å². The molecule has 2 heterocycles. The number of rotatable bonds is 13. The Morgan fingerprint density at radius 1 is 1.16 bits per heavy atom. The third-order valence-corrected chi connectivity index (χ3v) is 6.43. The van der Waals surface area contributed by atoms with Gasteiger partial charge in [0, 0.05) is 37.2 Å². The van der Waals surface area contributed by atoms with E-state index in [0.717, 1.165) is 0 Å². The molecule has 3 rings (SSSR count). The molecule has 0 bridgehead atoms. The van der Waals surface area contributed by atoms with Crippen LogP contribution in [0.4, 0.5) is 17.2 Å². The highest BCUT2D eigenvalue weighted by atomic mass is 32.2. The van der Waals surface area contributed by atoms with Gasteiger partial charge in [-0.1, -0.05) is 12.1 Å². The number of ether oxygens (including phenoxy) is 2. The fraction of sp³-hybridized carbons (Fsp3) is 0.423. The average Bonchev–Trinajstić information content (AvgIpc) is 3.23. The van der Waals surface area contributed by atoms with E-state index in [0.29, 0.717) is 59.8 Å². The molecular weight excluding hydrogens is 506 g/mol. The summed E-state index contributed by atoms with van der Waals surface area (Å²) in [5.74, 6) is 0.761. The number of nitrogens with two attached hydrogens (primary N) is 1. The SMILES string of the molecule is COCCOc1cc(Nc2c(C(N)=O)c(-c3ccc(N[S+]([O-])CCN(C)C)cc3)nn2C(C)(C)C)ccn1. The minimum Gasteiger partial charge on any atom is -0.593 e. The molecule has 1 atom stereocenters. The number of anilines is 3. The monoisotopic (exact) mass is 543 g/mol. The molecule has 11 nitrogen and oxygen atoms in total. The Labute approximate surface area is 227 Å². The summed E-state index contributed by atoms with van der Waals surface area (Å²) in [5.41, 5.74) is 8.19. The fourth-order valence-corrected chi connectivity index (χ4v) is 4.56. The molecule has 1 aromatic carbocycles. The van der Waals surface area contributed by atoms with Crippen molar-refractivity contribution in [1.82, 2.24) is 19.7 Å². The molecule has 206 valence electrons. The molecule has 0 radical (unpaired) electrons. The van der Waals surface area contributed by atoms with E-state index in [2.05, 4.69) is 15.0 Å². The predicted octanol–water partition coefficient (Wildman–Crippen LogP) is 3.21. The molecule has 12 heteroatoms. The molecule has 4 N–H and O–H groups in total. The highest BCUT2D eigenvalue weighted by molar-refractivity contribution is 7.92. The number of nitrogens with one attached hydrogen (secondary N) is 2. The number of hydrogen-bond acceptors (Lipinski definition) is 9. The second-order valence-electron chi connectivity index (χ2n) is 9.90. The standard InChI is InChI=1S/C26H37N7O4S/c1-26(2,3)33-25(29-20-11-12-28-21(17-20)37-15-14-36-6)22(24(27)34)23(30-33)18-7-9-19(10-8-18)31-38(35)16-13-32(4)5/h7-12,17,31H,13-16H2,1-6H3,(H2,27,34)(H,28,29). The van der Waals surface area contributed by atoms with Crippen molar-refractivity contribution in [2.75, 3.05) is 56.8 Å². The van der Waals surface area contributed by atoms with Crippen LogP contribution in [0.25, 0.3) is 11.3 Å². The van der Waals surface area contributed by atoms with Crippen molar-refractivity contribution in [2.45, 2.75) is 26.3 Å². The highest BCUT2D eigenvalue weighted by Crippen LogP contribution is 2.35. The topological polar surface area (TPSA) is 143 Å². The minimum atomic E-state index is -1.21. The van der Waals surface area contributed by atoms with Crippen LogP contribution in [-0.4, -0.2) is 76.8 Å². The summed E-state index contributed by atoms with van der Waals surface area (Å²) in [6, 6.07) is 10.8. The van der Waals surface area contributed by atoms with Crippen LogP contribution in [-0.2, 0) is 21.6 Å². The zero-order chi connectivity index (χ0) is 27.9. The number of carbonyl (C=O) groups is 1. The zero-order valence-electron chi connectivity index (χ0n) is 22.8. The summed E-state index contributed by atoms with van der Waals surface area (Å²) in [6.07, 6.45) is 1.61. The highest BCUT2D eigenvalue weighted by Gasteiger charge is 2.29. The van der Waals surface area contributed by atoms with E-state index in [1.165, 1.54) is 0 Å². The molecule has 1 unspecified atom stereocenters. The van der Waals surface area contributed by atoms with Crippen molar-refractivity contribution >= 4 is 34.5 Å². The summed E-state index contributed by atoms with van der Waals surface area (Å²) in [7, 11) is 5.47. The first-order valence-corrected chi connectivity index (χ1v) is 13.5. The molecule has 0 saturated heterocycles. The van der Waals surface area contributed by atoms with Crippen molar-refractivity contribution < 1.29 is 18.8 Å². The van der Waals surface area contributed by atoms with Crippen LogP contribution in [0.5, 0.6) is 5.88 Å². The molecule has 0 fully saturated rings. The van der Waals surface area contributed by atoms with Gasteiger partial charge in [-0.3, -0.25) is 4.79 Å².